The van der Waals surface area contributed by atoms with Crippen molar-refractivity contribution in [2.75, 3.05) is 13.2 Å². The summed E-state index contributed by atoms with van der Waals surface area (Å²) in [5.74, 6) is -0.611. The summed E-state index contributed by atoms with van der Waals surface area (Å²) in [5, 5.41) is 13.5. The number of nitro benzene ring substituents is 1. The number of nitrogens with zero attached hydrogens (tertiary/aromatic N) is 1. The van der Waals surface area contributed by atoms with Crippen LogP contribution in [0.5, 0.6) is 5.75 Å². The Morgan fingerprint density at radius 3 is 2.81 bits per heavy atom. The third kappa shape index (κ3) is 3.82. The Balaban J connectivity index is 1.55. The largest absolute Gasteiger partial charge is 0.492 e. The van der Waals surface area contributed by atoms with E-state index in [1.54, 1.807) is 0 Å². The molecular formula is C19H19FN2O4. The van der Waals surface area contributed by atoms with Crippen molar-refractivity contribution in [3.8, 4) is 5.75 Å². The maximum atomic E-state index is 13.8. The first-order chi connectivity index (χ1) is 12.5. The third-order valence-corrected chi connectivity index (χ3v) is 4.50. The first-order valence-electron chi connectivity index (χ1n) is 8.43. The highest BCUT2D eigenvalue weighted by Crippen LogP contribution is 2.26. The van der Waals surface area contributed by atoms with E-state index in [1.807, 2.05) is 12.1 Å². The van der Waals surface area contributed by atoms with Gasteiger partial charge in [-0.05, 0) is 55.5 Å². The highest BCUT2D eigenvalue weighted by atomic mass is 19.1. The summed E-state index contributed by atoms with van der Waals surface area (Å²) in [5.41, 5.74) is 2.07. The molecule has 0 aromatic heterocycles. The highest BCUT2D eigenvalue weighted by Gasteiger charge is 2.19. The standard InChI is InChI=1S/C19H19FN2O4/c1-12-17(20)10-15(11-18(12)22(24)25)19(23)21-7-8-26-16-6-5-13-3-2-4-14(13)9-16/h5-6,9-11H,2-4,7-8H2,1H3,(H,21,23). The Labute approximate surface area is 150 Å². The van der Waals surface area contributed by atoms with Crippen LogP contribution in [-0.4, -0.2) is 24.0 Å². The summed E-state index contributed by atoms with van der Waals surface area (Å²) in [6.07, 6.45) is 3.32. The van der Waals surface area contributed by atoms with Crippen LogP contribution in [0.1, 0.15) is 33.5 Å². The van der Waals surface area contributed by atoms with Gasteiger partial charge in [-0.3, -0.25) is 14.9 Å². The summed E-state index contributed by atoms with van der Waals surface area (Å²) >= 11 is 0. The molecule has 1 aliphatic rings. The predicted molar refractivity (Wildman–Crippen MR) is 94.1 cm³/mol. The molecule has 7 heteroatoms. The van der Waals surface area contributed by atoms with Crippen LogP contribution in [0, 0.1) is 22.9 Å². The molecule has 1 amide bonds. The normalized spacial score (nSPS) is 12.5. The second-order valence-corrected chi connectivity index (χ2v) is 6.25. The number of halogens is 1. The number of rotatable bonds is 6. The minimum Gasteiger partial charge on any atom is -0.492 e. The van der Waals surface area contributed by atoms with Gasteiger partial charge in [-0.25, -0.2) is 4.39 Å². The average molecular weight is 358 g/mol. The molecule has 26 heavy (non-hydrogen) atoms. The molecule has 1 N–H and O–H groups in total. The lowest BCUT2D eigenvalue weighted by atomic mass is 10.1. The van der Waals surface area contributed by atoms with E-state index in [0.29, 0.717) is 0 Å². The van der Waals surface area contributed by atoms with Crippen LogP contribution in [-0.2, 0) is 12.8 Å². The number of carbonyl (C=O) groups is 1. The molecular weight excluding hydrogens is 339 g/mol. The van der Waals surface area contributed by atoms with Gasteiger partial charge in [0.1, 0.15) is 18.2 Å². The molecule has 6 nitrogen and oxygen atoms in total. The molecule has 0 bridgehead atoms. The highest BCUT2D eigenvalue weighted by molar-refractivity contribution is 5.95. The van der Waals surface area contributed by atoms with Gasteiger partial charge >= 0.3 is 0 Å². The number of hydrogen-bond donors (Lipinski definition) is 1. The van der Waals surface area contributed by atoms with Crippen LogP contribution < -0.4 is 10.1 Å². The Morgan fingerprint density at radius 1 is 1.27 bits per heavy atom. The van der Waals surface area contributed by atoms with Crippen molar-refractivity contribution in [1.82, 2.24) is 5.32 Å². The quantitative estimate of drug-likeness (QED) is 0.488. The predicted octanol–water partition coefficient (Wildman–Crippen LogP) is 3.34. The minimum atomic E-state index is -0.779. The number of aryl methyl sites for hydroxylation is 2. The number of nitrogens with one attached hydrogen (secondary N) is 1. The van der Waals surface area contributed by atoms with E-state index in [-0.39, 0.29) is 24.3 Å². The fourth-order valence-corrected chi connectivity index (χ4v) is 3.06. The molecule has 2 aromatic carbocycles. The smallest absolute Gasteiger partial charge is 0.276 e. The fourth-order valence-electron chi connectivity index (χ4n) is 3.06. The molecule has 1 aliphatic carbocycles. The molecule has 0 saturated heterocycles. The van der Waals surface area contributed by atoms with Crippen LogP contribution in [0.25, 0.3) is 0 Å². The Hall–Kier alpha value is -2.96. The zero-order valence-electron chi connectivity index (χ0n) is 14.4. The van der Waals surface area contributed by atoms with Crippen LogP contribution in [0.4, 0.5) is 10.1 Å². The Kier molecular flexibility index (Phi) is 5.16. The number of fused-ring (bicyclic) bond motifs is 1. The third-order valence-electron chi connectivity index (χ3n) is 4.50. The van der Waals surface area contributed by atoms with E-state index in [9.17, 15) is 19.3 Å². The first kappa shape index (κ1) is 17.8. The molecule has 0 spiro atoms. The molecule has 0 radical (unpaired) electrons. The number of carbonyl (C=O) groups excluding carboxylic acids is 1. The molecule has 0 heterocycles. The number of nitro groups is 1. The monoisotopic (exact) mass is 358 g/mol. The molecule has 3 rings (SSSR count). The van der Waals surface area contributed by atoms with E-state index in [4.69, 9.17) is 4.74 Å². The van der Waals surface area contributed by atoms with Gasteiger partial charge in [-0.1, -0.05) is 6.07 Å². The second-order valence-electron chi connectivity index (χ2n) is 6.25. The zero-order valence-corrected chi connectivity index (χ0v) is 14.4. The average Bonchev–Trinajstić information content (AvgIpc) is 3.08. The fraction of sp³-hybridized carbons (Fsp3) is 0.316. The molecule has 136 valence electrons. The van der Waals surface area contributed by atoms with Gasteiger partial charge in [0.05, 0.1) is 17.0 Å². The number of hydrogen-bond acceptors (Lipinski definition) is 4. The SMILES string of the molecule is Cc1c(F)cc(C(=O)NCCOc2ccc3c(c2)CCC3)cc1[N+](=O)[O-]. The molecule has 0 unspecified atom stereocenters. The van der Waals surface area contributed by atoms with Crippen LogP contribution in [0.15, 0.2) is 30.3 Å². The van der Waals surface area contributed by atoms with Crippen LogP contribution >= 0.6 is 0 Å². The summed E-state index contributed by atoms with van der Waals surface area (Å²) in [7, 11) is 0. The van der Waals surface area contributed by atoms with E-state index in [1.165, 1.54) is 18.1 Å². The minimum absolute atomic E-state index is 0.0858. The van der Waals surface area contributed by atoms with Crippen molar-refractivity contribution in [3.05, 3.63) is 68.5 Å². The van der Waals surface area contributed by atoms with Crippen molar-refractivity contribution in [3.63, 3.8) is 0 Å². The summed E-state index contributed by atoms with van der Waals surface area (Å²) in [6, 6.07) is 8.06. The van der Waals surface area contributed by atoms with Gasteiger partial charge < -0.3 is 10.1 Å². The molecule has 0 aliphatic heterocycles. The van der Waals surface area contributed by atoms with Crippen molar-refractivity contribution in [2.45, 2.75) is 26.2 Å². The van der Waals surface area contributed by atoms with Crippen molar-refractivity contribution in [1.29, 1.82) is 0 Å². The van der Waals surface area contributed by atoms with Gasteiger partial charge in [0.25, 0.3) is 11.6 Å². The van der Waals surface area contributed by atoms with Gasteiger partial charge in [0, 0.05) is 11.6 Å². The number of benzene rings is 2. The Morgan fingerprint density at radius 2 is 2.04 bits per heavy atom. The van der Waals surface area contributed by atoms with Gasteiger partial charge in [0.15, 0.2) is 0 Å². The summed E-state index contributed by atoms with van der Waals surface area (Å²) in [4.78, 5) is 22.3. The van der Waals surface area contributed by atoms with E-state index in [2.05, 4.69) is 11.4 Å². The number of amides is 1. The first-order valence-corrected chi connectivity index (χ1v) is 8.43. The van der Waals surface area contributed by atoms with Gasteiger partial charge in [-0.2, -0.15) is 0 Å². The lowest BCUT2D eigenvalue weighted by Gasteiger charge is -2.10. The van der Waals surface area contributed by atoms with Crippen LogP contribution in [0.3, 0.4) is 0 Å². The second kappa shape index (κ2) is 7.51. The summed E-state index contributed by atoms with van der Waals surface area (Å²) in [6.45, 7) is 1.76. The lowest BCUT2D eigenvalue weighted by Crippen LogP contribution is -2.28. The van der Waals surface area contributed by atoms with Crippen LogP contribution in [0.2, 0.25) is 0 Å². The van der Waals surface area contributed by atoms with Crippen molar-refractivity contribution < 1.29 is 18.8 Å². The zero-order chi connectivity index (χ0) is 18.7. The van der Waals surface area contributed by atoms with E-state index < -0.39 is 22.3 Å². The van der Waals surface area contributed by atoms with Crippen molar-refractivity contribution in [2.24, 2.45) is 0 Å². The van der Waals surface area contributed by atoms with Crippen molar-refractivity contribution >= 4 is 11.6 Å². The Bertz CT molecular complexity index is 867. The lowest BCUT2D eigenvalue weighted by molar-refractivity contribution is -0.385. The molecule has 0 atom stereocenters. The van der Waals surface area contributed by atoms with E-state index >= 15 is 0 Å². The summed E-state index contributed by atoms with van der Waals surface area (Å²) < 4.78 is 19.4. The van der Waals surface area contributed by atoms with Gasteiger partial charge in [0.2, 0.25) is 0 Å². The molecule has 2 aromatic rings. The van der Waals surface area contributed by atoms with E-state index in [0.717, 1.165) is 37.1 Å². The number of ether oxygens (including phenoxy) is 1. The molecule has 0 fully saturated rings. The van der Waals surface area contributed by atoms with Gasteiger partial charge in [-0.15, -0.1) is 0 Å². The topological polar surface area (TPSA) is 81.5 Å². The maximum Gasteiger partial charge on any atom is 0.276 e. The maximum absolute atomic E-state index is 13.8. The molecule has 0 saturated carbocycles.